The molecule has 1 saturated heterocycles. The molecule has 0 amide bonds. The van der Waals surface area contributed by atoms with Gasteiger partial charge in [-0.2, -0.15) is 0 Å². The average Bonchev–Trinajstić information content (AvgIpc) is 2.69. The van der Waals surface area contributed by atoms with Crippen LogP contribution < -0.4 is 9.64 Å². The molecule has 1 aliphatic heterocycles. The first-order valence-electron chi connectivity index (χ1n) is 8.30. The fourth-order valence-corrected chi connectivity index (χ4v) is 2.87. The van der Waals surface area contributed by atoms with Gasteiger partial charge in [0.15, 0.2) is 5.69 Å². The van der Waals surface area contributed by atoms with Crippen LogP contribution in [0.25, 0.3) is 11.0 Å². The highest BCUT2D eigenvalue weighted by molar-refractivity contribution is 5.89. The van der Waals surface area contributed by atoms with Crippen LogP contribution in [0.2, 0.25) is 0 Å². The van der Waals surface area contributed by atoms with Crippen molar-refractivity contribution >= 4 is 23.0 Å². The number of nitrogens with zero attached hydrogens (tertiary/aromatic N) is 5. The molecule has 3 aromatic rings. The molecule has 1 aromatic carbocycles. The maximum Gasteiger partial charge on any atom is 0.362 e. The van der Waals surface area contributed by atoms with Gasteiger partial charge in [0, 0.05) is 37.7 Å². The summed E-state index contributed by atoms with van der Waals surface area (Å²) in [5, 5.41) is 0. The number of hydrogen-bond acceptors (Lipinski definition) is 7. The minimum Gasteiger partial charge on any atom is -0.422 e. The largest absolute Gasteiger partial charge is 0.422 e. The van der Waals surface area contributed by atoms with Crippen LogP contribution in [0, 0.1) is 0 Å². The summed E-state index contributed by atoms with van der Waals surface area (Å²) in [6.45, 7) is 1.84. The zero-order valence-electron chi connectivity index (χ0n) is 13.6. The molecule has 1 fully saturated rings. The predicted molar refractivity (Wildman–Crippen MR) is 92.6 cm³/mol. The van der Waals surface area contributed by atoms with E-state index in [2.05, 4.69) is 24.8 Å². The maximum atomic E-state index is 12.4. The van der Waals surface area contributed by atoms with Crippen LogP contribution >= 0.6 is 0 Å². The molecule has 0 bridgehead atoms. The molecular weight excluding hydrogens is 318 g/mol. The molecule has 0 atom stereocenters. The second-order valence-electron chi connectivity index (χ2n) is 5.89. The van der Waals surface area contributed by atoms with Crippen molar-refractivity contribution in [1.29, 1.82) is 0 Å². The second-order valence-corrected chi connectivity index (χ2v) is 5.89. The third-order valence-electron chi connectivity index (χ3n) is 4.14. The standard InChI is InChI=1S/C18H17N5O2/c24-17(25-13-4-5-14-16(12-13)20-9-8-19-14)15-6-7-21-18(22-15)23-10-2-1-3-11-23/h4-9,12H,1-3,10-11H2. The smallest absolute Gasteiger partial charge is 0.362 e. The number of aromatic nitrogens is 4. The van der Waals surface area contributed by atoms with Crippen molar-refractivity contribution in [2.75, 3.05) is 18.0 Å². The van der Waals surface area contributed by atoms with Gasteiger partial charge in [-0.05, 0) is 37.5 Å². The summed E-state index contributed by atoms with van der Waals surface area (Å²) in [7, 11) is 0. The van der Waals surface area contributed by atoms with Crippen molar-refractivity contribution < 1.29 is 9.53 Å². The molecule has 0 unspecified atom stereocenters. The Bertz CT molecular complexity index is 909. The maximum absolute atomic E-state index is 12.4. The molecule has 1 aliphatic rings. The summed E-state index contributed by atoms with van der Waals surface area (Å²) in [5.41, 5.74) is 1.66. The summed E-state index contributed by atoms with van der Waals surface area (Å²) in [5.74, 6) is 0.485. The van der Waals surface area contributed by atoms with E-state index in [1.165, 1.54) is 6.42 Å². The number of carbonyl (C=O) groups is 1. The van der Waals surface area contributed by atoms with E-state index in [9.17, 15) is 4.79 Å². The van der Waals surface area contributed by atoms with Crippen LogP contribution in [-0.4, -0.2) is 39.0 Å². The van der Waals surface area contributed by atoms with Gasteiger partial charge in [0.05, 0.1) is 11.0 Å². The topological polar surface area (TPSA) is 81.1 Å². The number of benzene rings is 1. The zero-order valence-corrected chi connectivity index (χ0v) is 13.6. The minimum absolute atomic E-state index is 0.245. The summed E-state index contributed by atoms with van der Waals surface area (Å²) >= 11 is 0. The van der Waals surface area contributed by atoms with Gasteiger partial charge in [0.25, 0.3) is 0 Å². The first kappa shape index (κ1) is 15.4. The fourth-order valence-electron chi connectivity index (χ4n) is 2.87. The minimum atomic E-state index is -0.510. The van der Waals surface area contributed by atoms with Gasteiger partial charge in [-0.25, -0.2) is 14.8 Å². The lowest BCUT2D eigenvalue weighted by atomic mass is 10.1. The molecule has 126 valence electrons. The SMILES string of the molecule is O=C(Oc1ccc2nccnc2c1)c1ccnc(N2CCCCC2)n1. The number of piperidine rings is 1. The molecule has 0 saturated carbocycles. The highest BCUT2D eigenvalue weighted by Crippen LogP contribution is 2.19. The van der Waals surface area contributed by atoms with E-state index < -0.39 is 5.97 Å². The molecule has 4 rings (SSSR count). The molecule has 0 spiro atoms. The molecule has 25 heavy (non-hydrogen) atoms. The van der Waals surface area contributed by atoms with Crippen LogP contribution in [-0.2, 0) is 0 Å². The fraction of sp³-hybridized carbons (Fsp3) is 0.278. The van der Waals surface area contributed by atoms with Crippen LogP contribution in [0.15, 0.2) is 42.9 Å². The van der Waals surface area contributed by atoms with E-state index in [0.29, 0.717) is 17.2 Å². The number of carbonyl (C=O) groups excluding carboxylic acids is 1. The second kappa shape index (κ2) is 6.80. The van der Waals surface area contributed by atoms with E-state index in [1.807, 2.05) is 0 Å². The van der Waals surface area contributed by atoms with Crippen LogP contribution in [0.4, 0.5) is 5.95 Å². The number of hydrogen-bond donors (Lipinski definition) is 0. The predicted octanol–water partition coefficient (Wildman–Crippen LogP) is 2.63. The zero-order chi connectivity index (χ0) is 17.1. The Balaban J connectivity index is 1.53. The van der Waals surface area contributed by atoms with Crippen LogP contribution in [0.3, 0.4) is 0 Å². The summed E-state index contributed by atoms with van der Waals surface area (Å²) in [6, 6.07) is 6.72. The van der Waals surface area contributed by atoms with E-state index >= 15 is 0 Å². The first-order valence-corrected chi connectivity index (χ1v) is 8.30. The Hall–Kier alpha value is -3.09. The summed E-state index contributed by atoms with van der Waals surface area (Å²) in [6.07, 6.45) is 8.29. The van der Waals surface area contributed by atoms with E-state index in [1.54, 1.807) is 42.9 Å². The molecule has 7 nitrogen and oxygen atoms in total. The van der Waals surface area contributed by atoms with Gasteiger partial charge in [-0.3, -0.25) is 9.97 Å². The molecule has 0 aliphatic carbocycles. The van der Waals surface area contributed by atoms with Gasteiger partial charge < -0.3 is 9.64 Å². The first-order chi connectivity index (χ1) is 12.3. The number of ether oxygens (including phenoxy) is 1. The number of rotatable bonds is 3. The lowest BCUT2D eigenvalue weighted by molar-refractivity contribution is 0.0728. The van der Waals surface area contributed by atoms with Crippen molar-refractivity contribution in [2.24, 2.45) is 0 Å². The van der Waals surface area contributed by atoms with E-state index in [4.69, 9.17) is 4.74 Å². The van der Waals surface area contributed by atoms with Crippen LogP contribution in [0.5, 0.6) is 5.75 Å². The van der Waals surface area contributed by atoms with Gasteiger partial charge in [-0.15, -0.1) is 0 Å². The number of fused-ring (bicyclic) bond motifs is 1. The molecule has 3 heterocycles. The lowest BCUT2D eigenvalue weighted by Crippen LogP contribution is -2.31. The normalized spacial score (nSPS) is 14.5. The van der Waals surface area contributed by atoms with Gasteiger partial charge in [0.2, 0.25) is 5.95 Å². The highest BCUT2D eigenvalue weighted by Gasteiger charge is 2.17. The third-order valence-corrected chi connectivity index (χ3v) is 4.14. The van der Waals surface area contributed by atoms with E-state index in [-0.39, 0.29) is 5.69 Å². The monoisotopic (exact) mass is 335 g/mol. The Kier molecular flexibility index (Phi) is 4.20. The van der Waals surface area contributed by atoms with Crippen molar-refractivity contribution in [1.82, 2.24) is 19.9 Å². The van der Waals surface area contributed by atoms with Crippen molar-refractivity contribution in [3.8, 4) is 5.75 Å². The summed E-state index contributed by atoms with van der Waals surface area (Å²) < 4.78 is 5.44. The Labute approximate surface area is 144 Å². The third kappa shape index (κ3) is 3.40. The van der Waals surface area contributed by atoms with Crippen molar-refractivity contribution in [3.63, 3.8) is 0 Å². The molecule has 0 N–H and O–H groups in total. The van der Waals surface area contributed by atoms with Gasteiger partial charge >= 0.3 is 5.97 Å². The number of anilines is 1. The van der Waals surface area contributed by atoms with E-state index in [0.717, 1.165) is 31.4 Å². The van der Waals surface area contributed by atoms with Crippen molar-refractivity contribution in [3.05, 3.63) is 48.5 Å². The highest BCUT2D eigenvalue weighted by atomic mass is 16.5. The Morgan fingerprint density at radius 2 is 1.72 bits per heavy atom. The molecular formula is C18H17N5O2. The lowest BCUT2D eigenvalue weighted by Gasteiger charge is -2.26. The van der Waals surface area contributed by atoms with Crippen LogP contribution in [0.1, 0.15) is 29.8 Å². The Morgan fingerprint density at radius 3 is 2.56 bits per heavy atom. The Morgan fingerprint density at radius 1 is 0.920 bits per heavy atom. The summed E-state index contributed by atoms with van der Waals surface area (Å²) in [4.78, 5) is 31.6. The molecule has 7 heteroatoms. The van der Waals surface area contributed by atoms with Gasteiger partial charge in [-0.1, -0.05) is 0 Å². The molecule has 0 radical (unpaired) electrons. The number of esters is 1. The molecule has 2 aromatic heterocycles. The van der Waals surface area contributed by atoms with Crippen molar-refractivity contribution in [2.45, 2.75) is 19.3 Å². The average molecular weight is 335 g/mol. The quantitative estimate of drug-likeness (QED) is 0.537. The van der Waals surface area contributed by atoms with Gasteiger partial charge in [0.1, 0.15) is 5.75 Å².